The summed E-state index contributed by atoms with van der Waals surface area (Å²) in [5, 5.41) is 3.41. The minimum atomic E-state index is -4.67. The van der Waals surface area contributed by atoms with Gasteiger partial charge in [0.2, 0.25) is 15.8 Å². The third kappa shape index (κ3) is 4.10. The number of sulfonamides is 1. The Balaban J connectivity index is 1.95. The van der Waals surface area contributed by atoms with Crippen molar-refractivity contribution in [3.05, 3.63) is 71.5 Å². The Hall–Kier alpha value is -2.65. The number of hydrogen-bond donors (Lipinski definition) is 0. The first-order chi connectivity index (χ1) is 13.1. The van der Waals surface area contributed by atoms with E-state index in [0.29, 0.717) is 5.56 Å². The molecule has 0 unspecified atom stereocenters. The van der Waals surface area contributed by atoms with Crippen molar-refractivity contribution in [1.29, 1.82) is 0 Å². The van der Waals surface area contributed by atoms with Crippen LogP contribution in [0.2, 0.25) is 0 Å². The van der Waals surface area contributed by atoms with Crippen LogP contribution < -0.4 is 0 Å². The molecule has 0 amide bonds. The maximum absolute atomic E-state index is 13.0. The van der Waals surface area contributed by atoms with Gasteiger partial charge in [-0.25, -0.2) is 8.42 Å². The van der Waals surface area contributed by atoms with Crippen LogP contribution in [-0.4, -0.2) is 24.9 Å². The Morgan fingerprint density at radius 3 is 2.36 bits per heavy atom. The van der Waals surface area contributed by atoms with E-state index in [9.17, 15) is 21.6 Å². The van der Waals surface area contributed by atoms with E-state index >= 15 is 0 Å². The molecule has 0 bridgehead atoms. The van der Waals surface area contributed by atoms with E-state index < -0.39 is 22.0 Å². The highest BCUT2D eigenvalue weighted by Gasteiger charge is 2.36. The lowest BCUT2D eigenvalue weighted by molar-refractivity contribution is -0.155. The van der Waals surface area contributed by atoms with Gasteiger partial charge in [-0.05, 0) is 24.1 Å². The summed E-state index contributed by atoms with van der Waals surface area (Å²) in [6.07, 6.45) is -4.67. The Bertz CT molecular complexity index is 1080. The largest absolute Gasteiger partial charge is 0.452 e. The summed E-state index contributed by atoms with van der Waals surface area (Å²) in [4.78, 5) is -0.00000945. The van der Waals surface area contributed by atoms with E-state index in [4.69, 9.17) is 0 Å². The summed E-state index contributed by atoms with van der Waals surface area (Å²) in [6, 6.07) is 14.2. The molecule has 3 rings (SSSR count). The molecule has 0 fully saturated rings. The molecule has 1 aromatic heterocycles. The van der Waals surface area contributed by atoms with Gasteiger partial charge in [0.15, 0.2) is 0 Å². The normalized spacial score (nSPS) is 12.5. The van der Waals surface area contributed by atoms with Gasteiger partial charge >= 0.3 is 6.18 Å². The van der Waals surface area contributed by atoms with Crippen LogP contribution in [0.1, 0.15) is 16.9 Å². The number of aromatic nitrogens is 1. The van der Waals surface area contributed by atoms with Crippen LogP contribution in [0, 0.1) is 6.92 Å². The molecule has 0 aliphatic rings. The highest BCUT2D eigenvalue weighted by molar-refractivity contribution is 7.89. The second-order valence-corrected chi connectivity index (χ2v) is 8.31. The topological polar surface area (TPSA) is 63.4 Å². The molecule has 148 valence electrons. The lowest BCUT2D eigenvalue weighted by Gasteiger charge is -2.19. The van der Waals surface area contributed by atoms with Gasteiger partial charge in [-0.3, -0.25) is 0 Å². The first-order valence-electron chi connectivity index (χ1n) is 8.24. The van der Waals surface area contributed by atoms with Gasteiger partial charge in [0.1, 0.15) is 5.69 Å². The number of benzene rings is 2. The molecular weight excluding hydrogens is 393 g/mol. The number of nitrogens with zero attached hydrogens (tertiary/aromatic N) is 2. The summed E-state index contributed by atoms with van der Waals surface area (Å²) in [5.74, 6) is -1.24. The lowest BCUT2D eigenvalue weighted by atomic mass is 10.1. The quantitative estimate of drug-likeness (QED) is 0.622. The molecule has 0 aliphatic carbocycles. The summed E-state index contributed by atoms with van der Waals surface area (Å²) >= 11 is 0. The number of hydrogen-bond acceptors (Lipinski definition) is 4. The molecule has 2 aromatic carbocycles. The molecule has 0 radical (unpaired) electrons. The van der Waals surface area contributed by atoms with Gasteiger partial charge in [0, 0.05) is 25.2 Å². The van der Waals surface area contributed by atoms with E-state index in [1.165, 1.54) is 29.6 Å². The van der Waals surface area contributed by atoms with Crippen LogP contribution in [0.3, 0.4) is 0 Å². The van der Waals surface area contributed by atoms with Crippen molar-refractivity contribution in [1.82, 2.24) is 9.46 Å². The standard InChI is InChI=1S/C19H17F3N2O3S/c1-13-8-9-15(16-11-18(27-23-16)19(20,21)22)10-17(13)28(25,26)24(2)12-14-6-4-3-5-7-14/h3-11H,12H2,1-2H3. The van der Waals surface area contributed by atoms with Crippen LogP contribution >= 0.6 is 0 Å². The van der Waals surface area contributed by atoms with Gasteiger partial charge in [0.25, 0.3) is 0 Å². The smallest absolute Gasteiger partial charge is 0.351 e. The summed E-state index contributed by atoms with van der Waals surface area (Å²) in [7, 11) is -2.42. The first kappa shape index (κ1) is 20.1. The van der Waals surface area contributed by atoms with Crippen LogP contribution in [0.4, 0.5) is 13.2 Å². The van der Waals surface area contributed by atoms with Crippen LogP contribution in [0.25, 0.3) is 11.3 Å². The molecule has 28 heavy (non-hydrogen) atoms. The van der Waals surface area contributed by atoms with Gasteiger partial charge in [0.05, 0.1) is 4.90 Å². The predicted octanol–water partition coefficient (Wildman–Crippen LogP) is 4.49. The fraction of sp³-hybridized carbons (Fsp3) is 0.211. The van der Waals surface area contributed by atoms with Crippen molar-refractivity contribution >= 4 is 10.0 Å². The van der Waals surface area contributed by atoms with Crippen molar-refractivity contribution in [3.8, 4) is 11.3 Å². The highest BCUT2D eigenvalue weighted by atomic mass is 32.2. The molecular formula is C19H17F3N2O3S. The molecule has 1 heterocycles. The summed E-state index contributed by atoms with van der Waals surface area (Å²) < 4.78 is 69.7. The first-order valence-corrected chi connectivity index (χ1v) is 9.68. The third-order valence-electron chi connectivity index (χ3n) is 4.21. The molecule has 5 nitrogen and oxygen atoms in total. The molecule has 0 saturated carbocycles. The van der Waals surface area contributed by atoms with E-state index in [-0.39, 0.29) is 22.7 Å². The second kappa shape index (κ2) is 7.40. The second-order valence-electron chi connectivity index (χ2n) is 6.30. The average molecular weight is 410 g/mol. The number of aryl methyl sites for hydroxylation is 1. The Labute approximate surface area is 160 Å². The molecule has 0 aliphatic heterocycles. The maximum Gasteiger partial charge on any atom is 0.452 e. The minimum Gasteiger partial charge on any atom is -0.351 e. The maximum atomic E-state index is 13.0. The zero-order chi connectivity index (χ0) is 20.5. The average Bonchev–Trinajstić information content (AvgIpc) is 3.13. The molecule has 0 atom stereocenters. The van der Waals surface area contributed by atoms with E-state index in [1.807, 2.05) is 30.3 Å². The summed E-state index contributed by atoms with van der Waals surface area (Å²) in [5.41, 5.74) is 1.42. The van der Waals surface area contributed by atoms with Crippen molar-refractivity contribution in [3.63, 3.8) is 0 Å². The molecule has 9 heteroatoms. The molecule has 0 saturated heterocycles. The van der Waals surface area contributed by atoms with Crippen LogP contribution in [0.15, 0.2) is 64.0 Å². The zero-order valence-electron chi connectivity index (χ0n) is 15.1. The van der Waals surface area contributed by atoms with Gasteiger partial charge in [-0.2, -0.15) is 17.5 Å². The number of rotatable bonds is 5. The zero-order valence-corrected chi connectivity index (χ0v) is 15.9. The number of halogens is 3. The highest BCUT2D eigenvalue weighted by Crippen LogP contribution is 2.33. The van der Waals surface area contributed by atoms with Gasteiger partial charge in [-0.15, -0.1) is 0 Å². The van der Waals surface area contributed by atoms with Crippen LogP contribution in [-0.2, 0) is 22.7 Å². The van der Waals surface area contributed by atoms with E-state index in [1.54, 1.807) is 6.92 Å². The minimum absolute atomic E-state index is 0.00000945. The van der Waals surface area contributed by atoms with Crippen molar-refractivity contribution < 1.29 is 26.1 Å². The van der Waals surface area contributed by atoms with E-state index in [2.05, 4.69) is 9.68 Å². The number of alkyl halides is 3. The Kier molecular flexibility index (Phi) is 5.31. The lowest BCUT2D eigenvalue weighted by Crippen LogP contribution is -2.27. The molecule has 3 aromatic rings. The van der Waals surface area contributed by atoms with Gasteiger partial charge in [-0.1, -0.05) is 47.6 Å². The fourth-order valence-electron chi connectivity index (χ4n) is 2.68. The van der Waals surface area contributed by atoms with Crippen molar-refractivity contribution in [2.45, 2.75) is 24.5 Å². The third-order valence-corrected chi connectivity index (χ3v) is 6.16. The summed E-state index contributed by atoms with van der Waals surface area (Å²) in [6.45, 7) is 1.78. The SMILES string of the molecule is Cc1ccc(-c2cc(C(F)(F)F)on2)cc1S(=O)(=O)N(C)Cc1ccccc1. The molecule has 0 N–H and O–H groups in total. The molecule has 0 spiro atoms. The van der Waals surface area contributed by atoms with Crippen molar-refractivity contribution in [2.24, 2.45) is 0 Å². The van der Waals surface area contributed by atoms with E-state index in [0.717, 1.165) is 11.6 Å². The van der Waals surface area contributed by atoms with Crippen molar-refractivity contribution in [2.75, 3.05) is 7.05 Å². The fourth-order valence-corrected chi connectivity index (χ4v) is 4.08. The monoisotopic (exact) mass is 410 g/mol. The predicted molar refractivity (Wildman–Crippen MR) is 96.8 cm³/mol. The van der Waals surface area contributed by atoms with Crippen LogP contribution in [0.5, 0.6) is 0 Å². The van der Waals surface area contributed by atoms with Gasteiger partial charge < -0.3 is 4.52 Å². The Morgan fingerprint density at radius 1 is 1.07 bits per heavy atom. The Morgan fingerprint density at radius 2 is 1.75 bits per heavy atom.